The zero-order chi connectivity index (χ0) is 18.6. The summed E-state index contributed by atoms with van der Waals surface area (Å²) >= 11 is 0. The maximum Gasteiger partial charge on any atom is 0.411 e. The smallest absolute Gasteiger partial charge is 0.411 e. The summed E-state index contributed by atoms with van der Waals surface area (Å²) in [6, 6.07) is 15.7. The number of rotatable bonds is 5. The van der Waals surface area contributed by atoms with Gasteiger partial charge in [-0.25, -0.2) is 4.79 Å². The summed E-state index contributed by atoms with van der Waals surface area (Å²) in [5, 5.41) is 5.59. The number of ether oxygens (including phenoxy) is 1. The van der Waals surface area contributed by atoms with Crippen LogP contribution in [-0.4, -0.2) is 18.6 Å². The topological polar surface area (TPSA) is 67.4 Å². The van der Waals surface area contributed by atoms with E-state index in [2.05, 4.69) is 22.8 Å². The lowest BCUT2D eigenvalue weighted by atomic mass is 9.78. The van der Waals surface area contributed by atoms with Crippen molar-refractivity contribution in [2.75, 3.05) is 17.2 Å². The zero-order valence-corrected chi connectivity index (χ0v) is 15.2. The standard InChI is InChI=1S/C21H24N2O3/c1-21(2)14-19(24)23-18-13-16(10-11-17(18)21)22-20(25)26-12-6-9-15-7-4-3-5-8-15/h3-5,7-8,10-11,13H,6,9,12,14H2,1-2H3,(H,22,25)(H,23,24). The van der Waals surface area contributed by atoms with Crippen molar-refractivity contribution in [3.05, 3.63) is 59.7 Å². The maximum atomic E-state index is 12.0. The van der Waals surface area contributed by atoms with Gasteiger partial charge in [-0.15, -0.1) is 0 Å². The molecule has 0 fully saturated rings. The molecule has 1 heterocycles. The van der Waals surface area contributed by atoms with E-state index in [9.17, 15) is 9.59 Å². The van der Waals surface area contributed by atoms with Crippen molar-refractivity contribution in [3.63, 3.8) is 0 Å². The lowest BCUT2D eigenvalue weighted by Crippen LogP contribution is -2.32. The highest BCUT2D eigenvalue weighted by atomic mass is 16.5. The van der Waals surface area contributed by atoms with Gasteiger partial charge in [0.2, 0.25) is 5.91 Å². The Kier molecular flexibility index (Phi) is 5.26. The van der Waals surface area contributed by atoms with E-state index in [4.69, 9.17) is 4.74 Å². The van der Waals surface area contributed by atoms with Gasteiger partial charge in [-0.2, -0.15) is 0 Å². The fourth-order valence-corrected chi connectivity index (χ4v) is 3.25. The van der Waals surface area contributed by atoms with E-state index in [1.807, 2.05) is 44.2 Å². The Labute approximate surface area is 153 Å². The third kappa shape index (κ3) is 4.42. The van der Waals surface area contributed by atoms with Crippen molar-refractivity contribution in [2.45, 2.75) is 38.5 Å². The normalized spacial score (nSPS) is 14.9. The van der Waals surface area contributed by atoms with E-state index in [1.165, 1.54) is 5.56 Å². The Morgan fingerprint density at radius 2 is 1.96 bits per heavy atom. The summed E-state index contributed by atoms with van der Waals surface area (Å²) in [7, 11) is 0. The van der Waals surface area contributed by atoms with Gasteiger partial charge in [0.25, 0.3) is 0 Å². The average molecular weight is 352 g/mol. The van der Waals surface area contributed by atoms with Crippen LogP contribution in [0.5, 0.6) is 0 Å². The van der Waals surface area contributed by atoms with Crippen LogP contribution in [-0.2, 0) is 21.4 Å². The number of hydrogen-bond donors (Lipinski definition) is 2. The molecule has 3 rings (SSSR count). The number of carbonyl (C=O) groups excluding carboxylic acids is 2. The summed E-state index contributed by atoms with van der Waals surface area (Å²) in [6.07, 6.45) is 1.61. The molecule has 0 spiro atoms. The number of hydrogen-bond acceptors (Lipinski definition) is 3. The predicted molar refractivity (Wildman–Crippen MR) is 102 cm³/mol. The van der Waals surface area contributed by atoms with Crippen LogP contribution in [0.3, 0.4) is 0 Å². The van der Waals surface area contributed by atoms with Crippen LogP contribution >= 0.6 is 0 Å². The van der Waals surface area contributed by atoms with E-state index in [0.717, 1.165) is 24.1 Å². The first-order valence-corrected chi connectivity index (χ1v) is 8.86. The highest BCUT2D eigenvalue weighted by Gasteiger charge is 2.31. The monoisotopic (exact) mass is 352 g/mol. The van der Waals surface area contributed by atoms with Gasteiger partial charge in [-0.3, -0.25) is 10.1 Å². The molecule has 0 bridgehead atoms. The molecule has 0 atom stereocenters. The van der Waals surface area contributed by atoms with E-state index in [0.29, 0.717) is 18.7 Å². The average Bonchev–Trinajstić information content (AvgIpc) is 2.58. The predicted octanol–water partition coefficient (Wildman–Crippen LogP) is 4.49. The molecule has 0 saturated heterocycles. The summed E-state index contributed by atoms with van der Waals surface area (Å²) in [5.74, 6) is -0.0110. The van der Waals surface area contributed by atoms with Gasteiger partial charge < -0.3 is 10.1 Å². The van der Waals surface area contributed by atoms with E-state index < -0.39 is 6.09 Å². The van der Waals surface area contributed by atoms with Gasteiger partial charge in [0.15, 0.2) is 0 Å². The minimum absolute atomic E-state index is 0.0110. The van der Waals surface area contributed by atoms with Gasteiger partial charge in [0.1, 0.15) is 0 Å². The van der Waals surface area contributed by atoms with Crippen LogP contribution in [0.1, 0.15) is 37.8 Å². The Morgan fingerprint density at radius 3 is 2.73 bits per heavy atom. The molecule has 1 aliphatic heterocycles. The lowest BCUT2D eigenvalue weighted by molar-refractivity contribution is -0.117. The third-order valence-corrected chi connectivity index (χ3v) is 4.56. The maximum absolute atomic E-state index is 12.0. The number of benzene rings is 2. The molecule has 0 aliphatic carbocycles. The fraction of sp³-hybridized carbons (Fsp3) is 0.333. The molecule has 26 heavy (non-hydrogen) atoms. The highest BCUT2D eigenvalue weighted by molar-refractivity contribution is 5.97. The molecule has 0 unspecified atom stereocenters. The fourth-order valence-electron chi connectivity index (χ4n) is 3.25. The molecule has 5 heteroatoms. The molecule has 0 radical (unpaired) electrons. The number of carbonyl (C=O) groups is 2. The third-order valence-electron chi connectivity index (χ3n) is 4.56. The Balaban J connectivity index is 1.52. The van der Waals surface area contributed by atoms with Crippen molar-refractivity contribution < 1.29 is 14.3 Å². The minimum atomic E-state index is -0.487. The molecule has 0 aromatic heterocycles. The Hall–Kier alpha value is -2.82. The summed E-state index contributed by atoms with van der Waals surface area (Å²) in [5.41, 5.74) is 3.43. The van der Waals surface area contributed by atoms with Crippen LogP contribution in [0.4, 0.5) is 16.2 Å². The number of aryl methyl sites for hydroxylation is 1. The van der Waals surface area contributed by atoms with Crippen molar-refractivity contribution in [2.24, 2.45) is 0 Å². The second kappa shape index (κ2) is 7.60. The molecule has 0 saturated carbocycles. The molecule has 2 N–H and O–H groups in total. The molecular formula is C21H24N2O3. The molecule has 136 valence electrons. The highest BCUT2D eigenvalue weighted by Crippen LogP contribution is 2.38. The Bertz CT molecular complexity index is 800. The summed E-state index contributed by atoms with van der Waals surface area (Å²) < 4.78 is 5.24. The lowest BCUT2D eigenvalue weighted by Gasteiger charge is -2.32. The van der Waals surface area contributed by atoms with Crippen molar-refractivity contribution in [1.29, 1.82) is 0 Å². The summed E-state index contributed by atoms with van der Waals surface area (Å²) in [4.78, 5) is 23.8. The SMILES string of the molecule is CC1(C)CC(=O)Nc2cc(NC(=O)OCCCc3ccccc3)ccc21. The van der Waals surface area contributed by atoms with Crippen molar-refractivity contribution >= 4 is 23.4 Å². The van der Waals surface area contributed by atoms with Gasteiger partial charge in [-0.05, 0) is 36.1 Å². The quantitative estimate of drug-likeness (QED) is 0.779. The van der Waals surface area contributed by atoms with Crippen molar-refractivity contribution in [1.82, 2.24) is 0 Å². The number of fused-ring (bicyclic) bond motifs is 1. The number of amides is 2. The second-order valence-corrected chi connectivity index (χ2v) is 7.22. The molecule has 5 nitrogen and oxygen atoms in total. The molecular weight excluding hydrogens is 328 g/mol. The summed E-state index contributed by atoms with van der Waals surface area (Å²) in [6.45, 7) is 4.44. The molecule has 2 amide bonds. The molecule has 2 aromatic carbocycles. The molecule has 2 aromatic rings. The first-order chi connectivity index (χ1) is 12.4. The van der Waals surface area contributed by atoms with Gasteiger partial charge in [0.05, 0.1) is 6.61 Å². The second-order valence-electron chi connectivity index (χ2n) is 7.22. The van der Waals surface area contributed by atoms with E-state index in [-0.39, 0.29) is 11.3 Å². The van der Waals surface area contributed by atoms with Gasteiger partial charge in [0, 0.05) is 23.2 Å². The first kappa shape index (κ1) is 18.0. The zero-order valence-electron chi connectivity index (χ0n) is 15.2. The van der Waals surface area contributed by atoms with Crippen LogP contribution in [0.25, 0.3) is 0 Å². The van der Waals surface area contributed by atoms with E-state index in [1.54, 1.807) is 6.07 Å². The van der Waals surface area contributed by atoms with Crippen LogP contribution in [0, 0.1) is 0 Å². The van der Waals surface area contributed by atoms with Crippen LogP contribution in [0.15, 0.2) is 48.5 Å². The largest absolute Gasteiger partial charge is 0.449 e. The van der Waals surface area contributed by atoms with Gasteiger partial charge >= 0.3 is 6.09 Å². The number of nitrogens with one attached hydrogen (secondary N) is 2. The van der Waals surface area contributed by atoms with Crippen LogP contribution in [0.2, 0.25) is 0 Å². The number of anilines is 2. The van der Waals surface area contributed by atoms with Crippen molar-refractivity contribution in [3.8, 4) is 0 Å². The first-order valence-electron chi connectivity index (χ1n) is 8.86. The molecule has 1 aliphatic rings. The Morgan fingerprint density at radius 1 is 1.19 bits per heavy atom. The van der Waals surface area contributed by atoms with E-state index >= 15 is 0 Å². The minimum Gasteiger partial charge on any atom is -0.449 e. The van der Waals surface area contributed by atoms with Crippen LogP contribution < -0.4 is 10.6 Å². The van der Waals surface area contributed by atoms with Gasteiger partial charge in [-0.1, -0.05) is 50.2 Å².